The van der Waals surface area contributed by atoms with Gasteiger partial charge in [0.15, 0.2) is 0 Å². The predicted octanol–water partition coefficient (Wildman–Crippen LogP) is 3.08. The monoisotopic (exact) mass is 374 g/mol. The smallest absolute Gasteiger partial charge is 0.256 e. The standard InChI is InChI=1S/C22H22N4O2/c1-26(22(28)18-13-25-20-9-5-3-7-17(18)20)14-21(27)23-11-10-15-12-24-19-8-4-2-6-16(15)19/h2-9,12-13,24-25H,10-11,14H2,1H3,(H,23,27). The number of likely N-dealkylation sites (N-methyl/N-ethyl adjacent to an activating group) is 1. The summed E-state index contributed by atoms with van der Waals surface area (Å²) >= 11 is 0. The molecule has 2 aromatic heterocycles. The maximum absolute atomic E-state index is 12.7. The third-order valence-corrected chi connectivity index (χ3v) is 4.94. The van der Waals surface area contributed by atoms with Crippen LogP contribution in [-0.4, -0.2) is 46.8 Å². The zero-order chi connectivity index (χ0) is 19.5. The van der Waals surface area contributed by atoms with Crippen LogP contribution >= 0.6 is 0 Å². The SMILES string of the molecule is CN(CC(=O)NCCc1c[nH]c2ccccc12)C(=O)c1c[nH]c2ccccc12. The van der Waals surface area contributed by atoms with Crippen molar-refractivity contribution >= 4 is 33.6 Å². The Morgan fingerprint density at radius 3 is 2.36 bits per heavy atom. The molecule has 2 amide bonds. The van der Waals surface area contributed by atoms with Crippen LogP contribution in [0.15, 0.2) is 60.9 Å². The summed E-state index contributed by atoms with van der Waals surface area (Å²) in [6, 6.07) is 15.7. The summed E-state index contributed by atoms with van der Waals surface area (Å²) in [5, 5.41) is 4.93. The van der Waals surface area contributed by atoms with Crippen molar-refractivity contribution in [2.45, 2.75) is 6.42 Å². The first-order chi connectivity index (χ1) is 13.6. The lowest BCUT2D eigenvalue weighted by Crippen LogP contribution is -2.39. The number of carbonyl (C=O) groups is 2. The van der Waals surface area contributed by atoms with Crippen LogP contribution in [-0.2, 0) is 11.2 Å². The van der Waals surface area contributed by atoms with E-state index in [1.54, 1.807) is 13.2 Å². The highest BCUT2D eigenvalue weighted by Gasteiger charge is 2.18. The van der Waals surface area contributed by atoms with Gasteiger partial charge in [0.05, 0.1) is 12.1 Å². The van der Waals surface area contributed by atoms with E-state index in [9.17, 15) is 9.59 Å². The second-order valence-corrected chi connectivity index (χ2v) is 6.87. The molecule has 0 radical (unpaired) electrons. The second-order valence-electron chi connectivity index (χ2n) is 6.87. The van der Waals surface area contributed by atoms with Crippen molar-refractivity contribution in [1.82, 2.24) is 20.2 Å². The van der Waals surface area contributed by atoms with Gasteiger partial charge in [-0.25, -0.2) is 0 Å². The molecule has 6 nitrogen and oxygen atoms in total. The summed E-state index contributed by atoms with van der Waals surface area (Å²) in [6.07, 6.45) is 4.40. The minimum Gasteiger partial charge on any atom is -0.361 e. The van der Waals surface area contributed by atoms with Crippen LogP contribution in [0.2, 0.25) is 0 Å². The molecular weight excluding hydrogens is 352 g/mol. The number of carbonyl (C=O) groups excluding carboxylic acids is 2. The fraction of sp³-hybridized carbons (Fsp3) is 0.182. The van der Waals surface area contributed by atoms with E-state index in [0.29, 0.717) is 12.1 Å². The van der Waals surface area contributed by atoms with Gasteiger partial charge in [0, 0.05) is 47.8 Å². The Labute approximate surface area is 162 Å². The van der Waals surface area contributed by atoms with Crippen molar-refractivity contribution in [2.75, 3.05) is 20.1 Å². The average Bonchev–Trinajstić information content (AvgIpc) is 3.32. The molecular formula is C22H22N4O2. The van der Waals surface area contributed by atoms with Gasteiger partial charge >= 0.3 is 0 Å². The summed E-state index contributed by atoms with van der Waals surface area (Å²) in [7, 11) is 1.64. The van der Waals surface area contributed by atoms with Gasteiger partial charge in [-0.1, -0.05) is 36.4 Å². The van der Waals surface area contributed by atoms with Crippen LogP contribution in [0.1, 0.15) is 15.9 Å². The van der Waals surface area contributed by atoms with E-state index in [2.05, 4.69) is 21.4 Å². The molecule has 0 spiro atoms. The molecule has 4 aromatic rings. The minimum absolute atomic E-state index is 0.0201. The third-order valence-electron chi connectivity index (χ3n) is 4.94. The number of para-hydroxylation sites is 2. The van der Waals surface area contributed by atoms with E-state index >= 15 is 0 Å². The molecule has 2 heterocycles. The number of hydrogen-bond acceptors (Lipinski definition) is 2. The number of fused-ring (bicyclic) bond motifs is 2. The quantitative estimate of drug-likeness (QED) is 0.485. The second kappa shape index (κ2) is 7.60. The lowest BCUT2D eigenvalue weighted by molar-refractivity contribution is -0.121. The number of aromatic amines is 2. The third kappa shape index (κ3) is 3.49. The molecule has 142 valence electrons. The van der Waals surface area contributed by atoms with E-state index in [4.69, 9.17) is 0 Å². The lowest BCUT2D eigenvalue weighted by Gasteiger charge is -2.16. The van der Waals surface area contributed by atoms with Crippen molar-refractivity contribution in [3.63, 3.8) is 0 Å². The van der Waals surface area contributed by atoms with Crippen molar-refractivity contribution in [3.8, 4) is 0 Å². The predicted molar refractivity (Wildman–Crippen MR) is 110 cm³/mol. The Morgan fingerprint density at radius 1 is 0.929 bits per heavy atom. The Hall–Kier alpha value is -3.54. The van der Waals surface area contributed by atoms with Gasteiger partial charge < -0.3 is 20.2 Å². The maximum Gasteiger partial charge on any atom is 0.256 e. The summed E-state index contributed by atoms with van der Waals surface area (Å²) in [5.74, 6) is -0.347. The summed E-state index contributed by atoms with van der Waals surface area (Å²) in [6.45, 7) is 0.544. The highest BCUT2D eigenvalue weighted by Crippen LogP contribution is 2.19. The van der Waals surface area contributed by atoms with Gasteiger partial charge in [0.1, 0.15) is 0 Å². The lowest BCUT2D eigenvalue weighted by atomic mass is 10.1. The molecule has 0 aliphatic carbocycles. The van der Waals surface area contributed by atoms with E-state index in [1.807, 2.05) is 48.7 Å². The molecule has 0 unspecified atom stereocenters. The van der Waals surface area contributed by atoms with Gasteiger partial charge in [0.2, 0.25) is 5.91 Å². The van der Waals surface area contributed by atoms with Gasteiger partial charge in [0.25, 0.3) is 5.91 Å². The number of H-pyrrole nitrogens is 2. The topological polar surface area (TPSA) is 81.0 Å². The zero-order valence-electron chi connectivity index (χ0n) is 15.7. The highest BCUT2D eigenvalue weighted by molar-refractivity contribution is 6.07. The number of amides is 2. The van der Waals surface area contributed by atoms with Crippen LogP contribution in [0.4, 0.5) is 0 Å². The van der Waals surface area contributed by atoms with Gasteiger partial charge in [-0.2, -0.15) is 0 Å². The van der Waals surface area contributed by atoms with Crippen LogP contribution in [0.25, 0.3) is 21.8 Å². The Kier molecular flexibility index (Phi) is 4.85. The number of rotatable bonds is 6. The van der Waals surface area contributed by atoms with Gasteiger partial charge in [-0.15, -0.1) is 0 Å². The molecule has 3 N–H and O–H groups in total. The van der Waals surface area contributed by atoms with E-state index in [0.717, 1.165) is 22.8 Å². The Bertz CT molecular complexity index is 1140. The molecule has 0 saturated heterocycles. The number of benzene rings is 2. The number of nitrogens with zero attached hydrogens (tertiary/aromatic N) is 1. The highest BCUT2D eigenvalue weighted by atomic mass is 16.2. The van der Waals surface area contributed by atoms with Crippen LogP contribution in [0.3, 0.4) is 0 Å². The molecule has 0 saturated carbocycles. The summed E-state index contributed by atoms with van der Waals surface area (Å²) < 4.78 is 0. The van der Waals surface area contributed by atoms with Crippen LogP contribution in [0.5, 0.6) is 0 Å². The first-order valence-electron chi connectivity index (χ1n) is 9.27. The number of aromatic nitrogens is 2. The average molecular weight is 374 g/mol. The molecule has 0 atom stereocenters. The van der Waals surface area contributed by atoms with Crippen LogP contribution < -0.4 is 5.32 Å². The largest absolute Gasteiger partial charge is 0.361 e. The van der Waals surface area contributed by atoms with Crippen molar-refractivity contribution in [3.05, 3.63) is 72.1 Å². The van der Waals surface area contributed by atoms with Gasteiger partial charge in [-0.05, 0) is 24.1 Å². The van der Waals surface area contributed by atoms with Crippen molar-refractivity contribution in [1.29, 1.82) is 0 Å². The molecule has 2 aromatic carbocycles. The normalized spacial score (nSPS) is 11.0. The van der Waals surface area contributed by atoms with Crippen LogP contribution in [0, 0.1) is 0 Å². The fourth-order valence-corrected chi connectivity index (χ4v) is 3.47. The molecule has 0 aliphatic rings. The number of hydrogen-bond donors (Lipinski definition) is 3. The Balaban J connectivity index is 1.32. The minimum atomic E-state index is -0.177. The molecule has 0 bridgehead atoms. The first kappa shape index (κ1) is 17.9. The van der Waals surface area contributed by atoms with E-state index < -0.39 is 0 Å². The molecule has 0 fully saturated rings. The molecule has 28 heavy (non-hydrogen) atoms. The molecule has 4 rings (SSSR count). The fourth-order valence-electron chi connectivity index (χ4n) is 3.47. The van der Waals surface area contributed by atoms with Gasteiger partial charge in [-0.3, -0.25) is 9.59 Å². The summed E-state index contributed by atoms with van der Waals surface area (Å²) in [4.78, 5) is 32.7. The van der Waals surface area contributed by atoms with Crippen molar-refractivity contribution in [2.24, 2.45) is 0 Å². The molecule has 0 aliphatic heterocycles. The summed E-state index contributed by atoms with van der Waals surface area (Å²) in [5.41, 5.74) is 3.74. The maximum atomic E-state index is 12.7. The number of nitrogens with one attached hydrogen (secondary N) is 3. The van der Waals surface area contributed by atoms with E-state index in [-0.39, 0.29) is 18.4 Å². The molecule has 6 heteroatoms. The van der Waals surface area contributed by atoms with E-state index in [1.165, 1.54) is 15.8 Å². The zero-order valence-corrected chi connectivity index (χ0v) is 15.7. The first-order valence-corrected chi connectivity index (χ1v) is 9.27. The van der Waals surface area contributed by atoms with Crippen molar-refractivity contribution < 1.29 is 9.59 Å². The Morgan fingerprint density at radius 2 is 1.57 bits per heavy atom.